The summed E-state index contributed by atoms with van der Waals surface area (Å²) >= 11 is 0. The zero-order chi connectivity index (χ0) is 22.0. The normalized spacial score (nSPS) is 16.3. The van der Waals surface area contributed by atoms with Crippen LogP contribution in [0.4, 0.5) is 5.69 Å². The number of rotatable bonds is 8. The number of anilines is 1. The highest BCUT2D eigenvalue weighted by molar-refractivity contribution is 5.94. The van der Waals surface area contributed by atoms with E-state index in [-0.39, 0.29) is 17.2 Å². The number of benzene rings is 2. The largest absolute Gasteiger partial charge is 0.349 e. The molecule has 0 saturated heterocycles. The highest BCUT2D eigenvalue weighted by Crippen LogP contribution is 2.28. The number of carbonyl (C=O) groups excluding carboxylic acids is 2. The Morgan fingerprint density at radius 3 is 2.13 bits per heavy atom. The molecule has 2 saturated carbocycles. The molecule has 2 fully saturated rings. The van der Waals surface area contributed by atoms with E-state index in [1.807, 2.05) is 36.4 Å². The molecule has 2 amide bonds. The Hall–Kier alpha value is -2.66. The van der Waals surface area contributed by atoms with Crippen LogP contribution in [0.1, 0.15) is 67.9 Å². The lowest BCUT2D eigenvalue weighted by Gasteiger charge is -2.22. The van der Waals surface area contributed by atoms with E-state index in [9.17, 15) is 9.59 Å². The van der Waals surface area contributed by atoms with Crippen molar-refractivity contribution in [3.63, 3.8) is 0 Å². The summed E-state index contributed by atoms with van der Waals surface area (Å²) in [4.78, 5) is 27.1. The number of hydrogen-bond acceptors (Lipinski definition) is 3. The van der Waals surface area contributed by atoms with E-state index in [1.54, 1.807) is 0 Å². The smallest absolute Gasteiger partial charge is 0.251 e. The average molecular weight is 420 g/mol. The van der Waals surface area contributed by atoms with Gasteiger partial charge in [-0.3, -0.25) is 14.5 Å². The zero-order valence-electron chi connectivity index (χ0n) is 18.8. The van der Waals surface area contributed by atoms with Crippen molar-refractivity contribution in [2.75, 3.05) is 11.9 Å². The molecule has 0 bridgehead atoms. The van der Waals surface area contributed by atoms with Gasteiger partial charge in [0.25, 0.3) is 5.91 Å². The molecule has 4 rings (SSSR count). The molecule has 5 heteroatoms. The zero-order valence-corrected chi connectivity index (χ0v) is 18.8. The van der Waals surface area contributed by atoms with Gasteiger partial charge in [-0.2, -0.15) is 0 Å². The van der Waals surface area contributed by atoms with Crippen molar-refractivity contribution < 1.29 is 9.59 Å². The van der Waals surface area contributed by atoms with Crippen LogP contribution < -0.4 is 10.6 Å². The molecule has 2 aromatic rings. The van der Waals surface area contributed by atoms with Crippen LogP contribution >= 0.6 is 0 Å². The maximum absolute atomic E-state index is 12.7. The van der Waals surface area contributed by atoms with Crippen LogP contribution in [0.25, 0.3) is 0 Å². The van der Waals surface area contributed by atoms with Crippen LogP contribution in [0.2, 0.25) is 0 Å². The molecule has 0 aliphatic heterocycles. The summed E-state index contributed by atoms with van der Waals surface area (Å²) in [6.07, 6.45) is 4.44. The summed E-state index contributed by atoms with van der Waals surface area (Å²) in [7, 11) is 0. The summed E-state index contributed by atoms with van der Waals surface area (Å²) in [6.45, 7) is 7.63. The first kappa shape index (κ1) is 21.6. The molecule has 0 heterocycles. The molecule has 2 N–H and O–H groups in total. The third kappa shape index (κ3) is 6.17. The molecule has 2 aliphatic rings. The monoisotopic (exact) mass is 419 g/mol. The van der Waals surface area contributed by atoms with E-state index >= 15 is 0 Å². The molecule has 0 unspecified atom stereocenters. The predicted molar refractivity (Wildman–Crippen MR) is 124 cm³/mol. The van der Waals surface area contributed by atoms with E-state index in [1.165, 1.54) is 5.56 Å². The second kappa shape index (κ2) is 8.83. The van der Waals surface area contributed by atoms with Gasteiger partial charge in [0.15, 0.2) is 0 Å². The third-order valence-electron chi connectivity index (χ3n) is 5.96. The van der Waals surface area contributed by atoms with Gasteiger partial charge in [0, 0.05) is 29.9 Å². The Bertz CT molecular complexity index is 921. The Labute approximate surface area is 185 Å². The van der Waals surface area contributed by atoms with Crippen molar-refractivity contribution in [1.82, 2.24) is 10.2 Å². The van der Waals surface area contributed by atoms with Crippen LogP contribution in [0.3, 0.4) is 0 Å². The van der Waals surface area contributed by atoms with Gasteiger partial charge >= 0.3 is 0 Å². The van der Waals surface area contributed by atoms with Gasteiger partial charge < -0.3 is 10.6 Å². The molecule has 2 aromatic carbocycles. The molecule has 164 valence electrons. The number of hydrogen-bond donors (Lipinski definition) is 2. The summed E-state index contributed by atoms with van der Waals surface area (Å²) in [6, 6.07) is 16.7. The van der Waals surface area contributed by atoms with Crippen molar-refractivity contribution >= 4 is 17.5 Å². The standard InChI is InChI=1S/C26H33N3O2/c1-26(2,3)20-8-10-21(11-9-20)27-24(30)17-29(23-14-15-23)16-18-4-6-19(7-5-18)25(31)28-22-12-13-22/h4-11,22-23H,12-17H2,1-3H3,(H,27,30)(H,28,31). The van der Waals surface area contributed by atoms with E-state index in [0.717, 1.165) is 36.9 Å². The van der Waals surface area contributed by atoms with Gasteiger partial charge in [0.2, 0.25) is 5.91 Å². The summed E-state index contributed by atoms with van der Waals surface area (Å²) in [5.41, 5.74) is 4.00. The second-order valence-electron chi connectivity index (χ2n) is 9.96. The minimum atomic E-state index is 0.00459. The molecule has 0 atom stereocenters. The van der Waals surface area contributed by atoms with Gasteiger partial charge in [0.05, 0.1) is 6.54 Å². The fraction of sp³-hybridized carbons (Fsp3) is 0.462. The molecular formula is C26H33N3O2. The van der Waals surface area contributed by atoms with Crippen molar-refractivity contribution in [2.45, 2.75) is 70.5 Å². The Morgan fingerprint density at radius 2 is 1.58 bits per heavy atom. The fourth-order valence-corrected chi connectivity index (χ4v) is 3.68. The maximum Gasteiger partial charge on any atom is 0.251 e. The molecule has 5 nitrogen and oxygen atoms in total. The molecular weight excluding hydrogens is 386 g/mol. The maximum atomic E-state index is 12.7. The van der Waals surface area contributed by atoms with Gasteiger partial charge in [-0.1, -0.05) is 45.0 Å². The lowest BCUT2D eigenvalue weighted by atomic mass is 9.87. The Balaban J connectivity index is 1.32. The molecule has 31 heavy (non-hydrogen) atoms. The number of carbonyl (C=O) groups is 2. The molecule has 0 aromatic heterocycles. The van der Waals surface area contributed by atoms with Crippen molar-refractivity contribution in [1.29, 1.82) is 0 Å². The van der Waals surface area contributed by atoms with E-state index in [4.69, 9.17) is 0 Å². The number of nitrogens with one attached hydrogen (secondary N) is 2. The first-order valence-corrected chi connectivity index (χ1v) is 11.3. The van der Waals surface area contributed by atoms with Gasteiger partial charge in [-0.15, -0.1) is 0 Å². The highest BCUT2D eigenvalue weighted by Gasteiger charge is 2.30. The number of nitrogens with zero attached hydrogens (tertiary/aromatic N) is 1. The van der Waals surface area contributed by atoms with E-state index in [0.29, 0.717) is 30.7 Å². The quantitative estimate of drug-likeness (QED) is 0.663. The minimum absolute atomic E-state index is 0.00459. The second-order valence-corrected chi connectivity index (χ2v) is 9.96. The van der Waals surface area contributed by atoms with Gasteiger partial charge in [0.1, 0.15) is 0 Å². The third-order valence-corrected chi connectivity index (χ3v) is 5.96. The Kier molecular flexibility index (Phi) is 6.15. The summed E-state index contributed by atoms with van der Waals surface area (Å²) in [5, 5.41) is 6.05. The first-order chi connectivity index (χ1) is 14.8. The highest BCUT2D eigenvalue weighted by atomic mass is 16.2. The number of amides is 2. The van der Waals surface area contributed by atoms with E-state index < -0.39 is 0 Å². The summed E-state index contributed by atoms with van der Waals surface area (Å²) in [5.74, 6) is 0.0146. The molecule has 2 aliphatic carbocycles. The van der Waals surface area contributed by atoms with Gasteiger partial charge in [-0.25, -0.2) is 0 Å². The van der Waals surface area contributed by atoms with Crippen LogP contribution in [-0.4, -0.2) is 35.3 Å². The average Bonchev–Trinajstić information content (AvgIpc) is 3.62. The SMILES string of the molecule is CC(C)(C)c1ccc(NC(=O)CN(Cc2ccc(C(=O)NC3CC3)cc2)C2CC2)cc1. The molecule has 0 radical (unpaired) electrons. The van der Waals surface area contributed by atoms with Crippen LogP contribution in [0.5, 0.6) is 0 Å². The lowest BCUT2D eigenvalue weighted by Crippen LogP contribution is -2.34. The van der Waals surface area contributed by atoms with Crippen molar-refractivity contribution in [2.24, 2.45) is 0 Å². The summed E-state index contributed by atoms with van der Waals surface area (Å²) < 4.78 is 0. The van der Waals surface area contributed by atoms with Crippen LogP contribution in [0, 0.1) is 0 Å². The van der Waals surface area contributed by atoms with Gasteiger partial charge in [-0.05, 0) is 66.5 Å². The van der Waals surface area contributed by atoms with Crippen LogP contribution in [0.15, 0.2) is 48.5 Å². The minimum Gasteiger partial charge on any atom is -0.349 e. The fourth-order valence-electron chi connectivity index (χ4n) is 3.68. The predicted octanol–water partition coefficient (Wildman–Crippen LogP) is 4.48. The lowest BCUT2D eigenvalue weighted by molar-refractivity contribution is -0.117. The first-order valence-electron chi connectivity index (χ1n) is 11.3. The Morgan fingerprint density at radius 1 is 0.935 bits per heavy atom. The van der Waals surface area contributed by atoms with E-state index in [2.05, 4.69) is 48.4 Å². The topological polar surface area (TPSA) is 61.4 Å². The van der Waals surface area contributed by atoms with Crippen molar-refractivity contribution in [3.8, 4) is 0 Å². The van der Waals surface area contributed by atoms with Crippen LogP contribution in [-0.2, 0) is 16.8 Å². The molecule has 0 spiro atoms. The van der Waals surface area contributed by atoms with Crippen molar-refractivity contribution in [3.05, 3.63) is 65.2 Å².